The second kappa shape index (κ2) is 10.7. The van der Waals surface area contributed by atoms with Gasteiger partial charge in [-0.1, -0.05) is 0 Å². The number of halogens is 1. The minimum atomic E-state index is -0.551. The van der Waals surface area contributed by atoms with Gasteiger partial charge < -0.3 is 14.2 Å². The van der Waals surface area contributed by atoms with Crippen LogP contribution in [0.25, 0.3) is 0 Å². The topological polar surface area (TPSA) is 51.5 Å². The fourth-order valence-electron chi connectivity index (χ4n) is 0.731. The van der Waals surface area contributed by atoms with Crippen LogP contribution in [0.5, 0.6) is 0 Å². The van der Waals surface area contributed by atoms with Crippen molar-refractivity contribution in [3.8, 4) is 6.07 Å². The number of nitrogens with zero attached hydrogens (tertiary/aromatic N) is 1. The average molecular weight is 222 g/mol. The number of alkyl halides is 1. The van der Waals surface area contributed by atoms with Gasteiger partial charge in [-0.15, -0.1) is 11.6 Å². The Kier molecular flexibility index (Phi) is 10.5. The maximum Gasteiger partial charge on any atom is 0.143 e. The zero-order valence-corrected chi connectivity index (χ0v) is 9.13. The van der Waals surface area contributed by atoms with Crippen molar-refractivity contribution in [3.05, 3.63) is 0 Å². The number of ether oxygens (including phenoxy) is 3. The Morgan fingerprint density at radius 3 is 2.57 bits per heavy atom. The fourth-order valence-corrected chi connectivity index (χ4v) is 0.821. The normalized spacial score (nSPS) is 12.4. The van der Waals surface area contributed by atoms with Crippen LogP contribution in [0, 0.1) is 11.3 Å². The molecule has 1 unspecified atom stereocenters. The summed E-state index contributed by atoms with van der Waals surface area (Å²) in [6, 6.07) is 1.88. The number of hydrogen-bond donors (Lipinski definition) is 0. The molecule has 0 aliphatic carbocycles. The van der Waals surface area contributed by atoms with Crippen LogP contribution < -0.4 is 0 Å². The molecule has 5 heteroatoms. The van der Waals surface area contributed by atoms with Gasteiger partial charge >= 0.3 is 0 Å². The van der Waals surface area contributed by atoms with Crippen LogP contribution in [-0.4, -0.2) is 45.5 Å². The third kappa shape index (κ3) is 9.75. The molecule has 0 rings (SSSR count). The second-order valence-corrected chi connectivity index (χ2v) is 3.16. The Labute approximate surface area is 89.7 Å². The highest BCUT2D eigenvalue weighted by Gasteiger charge is 2.00. The van der Waals surface area contributed by atoms with Crippen LogP contribution in [0.2, 0.25) is 0 Å². The lowest BCUT2D eigenvalue weighted by molar-refractivity contribution is 0.0525. The highest BCUT2D eigenvalue weighted by molar-refractivity contribution is 6.22. The molecule has 0 aromatic heterocycles. The second-order valence-electron chi connectivity index (χ2n) is 2.63. The van der Waals surface area contributed by atoms with Gasteiger partial charge in [-0.25, -0.2) is 0 Å². The number of nitriles is 1. The summed E-state index contributed by atoms with van der Waals surface area (Å²) in [6.45, 7) is 2.70. The van der Waals surface area contributed by atoms with E-state index in [2.05, 4.69) is 0 Å². The van der Waals surface area contributed by atoms with Crippen LogP contribution in [0.4, 0.5) is 0 Å². The Morgan fingerprint density at radius 1 is 1.21 bits per heavy atom. The molecular weight excluding hydrogens is 206 g/mol. The van der Waals surface area contributed by atoms with E-state index in [0.29, 0.717) is 26.4 Å². The van der Waals surface area contributed by atoms with Gasteiger partial charge in [0, 0.05) is 20.3 Å². The summed E-state index contributed by atoms with van der Waals surface area (Å²) in [5.74, 6) is 0. The molecule has 14 heavy (non-hydrogen) atoms. The molecule has 0 saturated heterocycles. The Morgan fingerprint density at radius 2 is 1.93 bits per heavy atom. The van der Waals surface area contributed by atoms with Gasteiger partial charge in [0.15, 0.2) is 0 Å². The zero-order chi connectivity index (χ0) is 10.6. The van der Waals surface area contributed by atoms with E-state index in [-0.39, 0.29) is 6.61 Å². The van der Waals surface area contributed by atoms with E-state index in [1.807, 2.05) is 6.07 Å². The number of rotatable bonds is 9. The highest BCUT2D eigenvalue weighted by Crippen LogP contribution is 1.94. The predicted octanol–water partition coefficient (Wildman–Crippen LogP) is 1.19. The lowest BCUT2D eigenvalue weighted by Gasteiger charge is -2.05. The first-order valence-corrected chi connectivity index (χ1v) is 4.93. The van der Waals surface area contributed by atoms with Crippen LogP contribution in [0.3, 0.4) is 0 Å². The van der Waals surface area contributed by atoms with Crippen LogP contribution in [0.1, 0.15) is 6.42 Å². The molecule has 0 saturated carbocycles. The van der Waals surface area contributed by atoms with E-state index >= 15 is 0 Å². The first-order valence-electron chi connectivity index (χ1n) is 4.49. The maximum absolute atomic E-state index is 8.33. The molecule has 0 aliphatic rings. The molecular formula is C9H16ClNO3. The third-order valence-electron chi connectivity index (χ3n) is 1.41. The van der Waals surface area contributed by atoms with Crippen molar-refractivity contribution >= 4 is 11.6 Å². The molecule has 0 aromatic carbocycles. The van der Waals surface area contributed by atoms with Gasteiger partial charge in [0.1, 0.15) is 5.38 Å². The van der Waals surface area contributed by atoms with E-state index < -0.39 is 5.38 Å². The molecule has 0 radical (unpaired) electrons. The van der Waals surface area contributed by atoms with Crippen molar-refractivity contribution in [2.24, 2.45) is 0 Å². The highest BCUT2D eigenvalue weighted by atomic mass is 35.5. The van der Waals surface area contributed by atoms with Gasteiger partial charge in [-0.2, -0.15) is 5.26 Å². The monoisotopic (exact) mass is 221 g/mol. The van der Waals surface area contributed by atoms with Crippen molar-refractivity contribution in [1.82, 2.24) is 0 Å². The van der Waals surface area contributed by atoms with Gasteiger partial charge in [0.05, 0.1) is 25.9 Å². The Hall–Kier alpha value is -0.340. The quantitative estimate of drug-likeness (QED) is 0.434. The molecule has 0 aromatic rings. The van der Waals surface area contributed by atoms with Crippen molar-refractivity contribution in [3.63, 3.8) is 0 Å². The average Bonchev–Trinajstić information content (AvgIpc) is 2.21. The molecule has 0 aliphatic heterocycles. The molecule has 82 valence electrons. The van der Waals surface area contributed by atoms with Crippen LogP contribution >= 0.6 is 11.6 Å². The van der Waals surface area contributed by atoms with Crippen molar-refractivity contribution in [2.45, 2.75) is 11.8 Å². The summed E-state index contributed by atoms with van der Waals surface area (Å²) in [7, 11) is 1.63. The molecule has 0 amide bonds. The van der Waals surface area contributed by atoms with Gasteiger partial charge in [-0.3, -0.25) is 0 Å². The fraction of sp³-hybridized carbons (Fsp3) is 0.889. The van der Waals surface area contributed by atoms with E-state index in [0.717, 1.165) is 6.42 Å². The molecule has 0 bridgehead atoms. The summed E-state index contributed by atoms with van der Waals surface area (Å²) in [5, 5.41) is 7.78. The van der Waals surface area contributed by atoms with Crippen molar-refractivity contribution < 1.29 is 14.2 Å². The smallest absolute Gasteiger partial charge is 0.143 e. The summed E-state index contributed by atoms with van der Waals surface area (Å²) in [4.78, 5) is 0. The largest absolute Gasteiger partial charge is 0.382 e. The number of hydrogen-bond acceptors (Lipinski definition) is 4. The van der Waals surface area contributed by atoms with Crippen molar-refractivity contribution in [2.75, 3.05) is 40.1 Å². The maximum atomic E-state index is 8.33. The van der Waals surface area contributed by atoms with Gasteiger partial charge in [0.25, 0.3) is 0 Å². The molecule has 4 nitrogen and oxygen atoms in total. The SMILES string of the molecule is COCCOCCCOCC(Cl)C#N. The van der Waals surface area contributed by atoms with E-state index in [9.17, 15) is 0 Å². The van der Waals surface area contributed by atoms with E-state index in [1.54, 1.807) is 7.11 Å². The standard InChI is InChI=1S/C9H16ClNO3/c1-12-5-6-13-3-2-4-14-8-9(10)7-11/h9H,2-6,8H2,1H3. The Bertz CT molecular complexity index is 161. The van der Waals surface area contributed by atoms with Crippen LogP contribution in [-0.2, 0) is 14.2 Å². The minimum Gasteiger partial charge on any atom is -0.382 e. The molecule has 0 spiro atoms. The molecule has 0 fully saturated rings. The van der Waals surface area contributed by atoms with Gasteiger partial charge in [0.2, 0.25) is 0 Å². The summed E-state index contributed by atoms with van der Waals surface area (Å²) in [6.07, 6.45) is 0.804. The molecule has 0 N–H and O–H groups in total. The summed E-state index contributed by atoms with van der Waals surface area (Å²) >= 11 is 5.51. The van der Waals surface area contributed by atoms with Gasteiger partial charge in [-0.05, 0) is 6.42 Å². The van der Waals surface area contributed by atoms with E-state index in [4.69, 9.17) is 31.1 Å². The first kappa shape index (κ1) is 13.7. The van der Waals surface area contributed by atoms with E-state index in [1.165, 1.54) is 0 Å². The lowest BCUT2D eigenvalue weighted by atomic mass is 10.4. The summed E-state index contributed by atoms with van der Waals surface area (Å²) < 4.78 is 15.1. The van der Waals surface area contributed by atoms with Crippen LogP contribution in [0.15, 0.2) is 0 Å². The van der Waals surface area contributed by atoms with Crippen molar-refractivity contribution in [1.29, 1.82) is 5.26 Å². The minimum absolute atomic E-state index is 0.274. The Balaban J connectivity index is 2.96. The summed E-state index contributed by atoms with van der Waals surface area (Å²) in [5.41, 5.74) is 0. The molecule has 0 heterocycles. The zero-order valence-electron chi connectivity index (χ0n) is 8.37. The lowest BCUT2D eigenvalue weighted by Crippen LogP contribution is -2.10. The molecule has 1 atom stereocenters. The third-order valence-corrected chi connectivity index (χ3v) is 1.64. The number of methoxy groups -OCH3 is 1. The first-order chi connectivity index (χ1) is 6.81. The predicted molar refractivity (Wildman–Crippen MR) is 53.4 cm³/mol.